The lowest BCUT2D eigenvalue weighted by Crippen LogP contribution is -2.41. The van der Waals surface area contributed by atoms with E-state index in [2.05, 4.69) is 4.98 Å². The van der Waals surface area contributed by atoms with Crippen LogP contribution in [0.25, 0.3) is 0 Å². The molecule has 1 amide bonds. The summed E-state index contributed by atoms with van der Waals surface area (Å²) >= 11 is 0. The number of hydrogen-bond donors (Lipinski definition) is 1. The second-order valence-electron chi connectivity index (χ2n) is 4.28. The van der Waals surface area contributed by atoms with Gasteiger partial charge in [-0.1, -0.05) is 6.42 Å². The molecule has 2 rings (SSSR count). The molecule has 0 spiro atoms. The van der Waals surface area contributed by atoms with Gasteiger partial charge in [0.05, 0.1) is 0 Å². The van der Waals surface area contributed by atoms with Crippen molar-refractivity contribution in [2.45, 2.75) is 25.7 Å². The maximum absolute atomic E-state index is 11.9. The van der Waals surface area contributed by atoms with Crippen LogP contribution in [0.2, 0.25) is 0 Å². The van der Waals surface area contributed by atoms with Crippen molar-refractivity contribution in [3.63, 3.8) is 0 Å². The molecule has 1 saturated heterocycles. The summed E-state index contributed by atoms with van der Waals surface area (Å²) in [5, 5.41) is 1.37. The Morgan fingerprint density at radius 1 is 1.38 bits per heavy atom. The first-order valence-corrected chi connectivity index (χ1v) is 5.72. The van der Waals surface area contributed by atoms with Crippen molar-refractivity contribution in [1.82, 2.24) is 9.99 Å². The van der Waals surface area contributed by atoms with Crippen LogP contribution in [0.5, 0.6) is 0 Å². The van der Waals surface area contributed by atoms with E-state index in [9.17, 15) is 4.79 Å². The molecule has 16 heavy (non-hydrogen) atoms. The van der Waals surface area contributed by atoms with E-state index < -0.39 is 0 Å². The van der Waals surface area contributed by atoms with Crippen LogP contribution in [-0.4, -0.2) is 22.4 Å². The summed E-state index contributed by atoms with van der Waals surface area (Å²) < 4.78 is 0. The van der Waals surface area contributed by atoms with Crippen molar-refractivity contribution in [2.24, 2.45) is 11.8 Å². The van der Waals surface area contributed by atoms with Crippen LogP contribution in [0.4, 0.5) is 0 Å². The van der Waals surface area contributed by atoms with Gasteiger partial charge in [-0.15, -0.1) is 0 Å². The summed E-state index contributed by atoms with van der Waals surface area (Å²) in [7, 11) is 0. The van der Waals surface area contributed by atoms with Crippen LogP contribution in [0, 0.1) is 5.92 Å². The Morgan fingerprint density at radius 3 is 2.88 bits per heavy atom. The Bertz CT molecular complexity index is 353. The number of rotatable bonds is 2. The molecule has 0 bridgehead atoms. The SMILES string of the molecule is NN1CCCC[C@@H](Cc2ccncc2)C1=O. The highest BCUT2D eigenvalue weighted by Gasteiger charge is 2.25. The Balaban J connectivity index is 2.05. The molecular formula is C12H17N3O. The monoisotopic (exact) mass is 219 g/mol. The van der Waals surface area contributed by atoms with E-state index in [0.717, 1.165) is 31.2 Å². The number of pyridine rings is 1. The van der Waals surface area contributed by atoms with Gasteiger partial charge < -0.3 is 0 Å². The number of nitrogens with zero attached hydrogens (tertiary/aromatic N) is 2. The van der Waals surface area contributed by atoms with Gasteiger partial charge in [-0.2, -0.15) is 0 Å². The zero-order valence-corrected chi connectivity index (χ0v) is 9.30. The molecule has 2 heterocycles. The summed E-state index contributed by atoms with van der Waals surface area (Å²) in [4.78, 5) is 15.9. The van der Waals surface area contributed by atoms with Gasteiger partial charge in [0.1, 0.15) is 0 Å². The van der Waals surface area contributed by atoms with Crippen LogP contribution in [0.15, 0.2) is 24.5 Å². The molecule has 4 nitrogen and oxygen atoms in total. The summed E-state index contributed by atoms with van der Waals surface area (Å²) in [5.74, 6) is 5.81. The third-order valence-electron chi connectivity index (χ3n) is 3.07. The van der Waals surface area contributed by atoms with Gasteiger partial charge in [-0.25, -0.2) is 5.84 Å². The van der Waals surface area contributed by atoms with Crippen LogP contribution >= 0.6 is 0 Å². The fourth-order valence-electron chi connectivity index (χ4n) is 2.13. The van der Waals surface area contributed by atoms with E-state index in [1.54, 1.807) is 12.4 Å². The molecule has 1 atom stereocenters. The van der Waals surface area contributed by atoms with Crippen molar-refractivity contribution in [2.75, 3.05) is 6.54 Å². The lowest BCUT2D eigenvalue weighted by atomic mass is 9.95. The maximum atomic E-state index is 11.9. The zero-order valence-electron chi connectivity index (χ0n) is 9.30. The van der Waals surface area contributed by atoms with Crippen molar-refractivity contribution < 1.29 is 4.79 Å². The van der Waals surface area contributed by atoms with E-state index in [-0.39, 0.29) is 11.8 Å². The van der Waals surface area contributed by atoms with E-state index in [1.165, 1.54) is 5.01 Å². The highest BCUT2D eigenvalue weighted by molar-refractivity contribution is 5.78. The first-order chi connectivity index (χ1) is 7.77. The molecular weight excluding hydrogens is 202 g/mol. The molecule has 1 aliphatic heterocycles. The standard InChI is InChI=1S/C12H17N3O/c13-15-8-2-1-3-11(12(15)16)9-10-4-6-14-7-5-10/h4-7,11H,1-3,8-9,13H2/t11-/m0/s1. The number of hydrogen-bond acceptors (Lipinski definition) is 3. The third kappa shape index (κ3) is 2.58. The molecule has 1 fully saturated rings. The molecule has 0 aliphatic carbocycles. The average molecular weight is 219 g/mol. The number of nitrogens with two attached hydrogens (primary N) is 1. The van der Waals surface area contributed by atoms with E-state index in [0.29, 0.717) is 6.54 Å². The summed E-state index contributed by atoms with van der Waals surface area (Å²) in [6.45, 7) is 0.686. The molecule has 2 N–H and O–H groups in total. The number of aromatic nitrogens is 1. The first kappa shape index (κ1) is 11.1. The quantitative estimate of drug-likeness (QED) is 0.599. The Kier molecular flexibility index (Phi) is 3.51. The highest BCUT2D eigenvalue weighted by atomic mass is 16.2. The predicted octanol–water partition coefficient (Wildman–Crippen LogP) is 1.13. The largest absolute Gasteiger partial charge is 0.280 e. The lowest BCUT2D eigenvalue weighted by molar-refractivity contribution is -0.135. The maximum Gasteiger partial charge on any atom is 0.239 e. The molecule has 1 aliphatic rings. The van der Waals surface area contributed by atoms with Gasteiger partial charge >= 0.3 is 0 Å². The van der Waals surface area contributed by atoms with Crippen LogP contribution < -0.4 is 5.84 Å². The molecule has 1 aromatic heterocycles. The minimum Gasteiger partial charge on any atom is -0.280 e. The van der Waals surface area contributed by atoms with Crippen LogP contribution in [-0.2, 0) is 11.2 Å². The van der Waals surface area contributed by atoms with Gasteiger partial charge in [0.2, 0.25) is 5.91 Å². The average Bonchev–Trinajstić information content (AvgIpc) is 2.46. The number of carbonyl (C=O) groups excluding carboxylic acids is 1. The normalized spacial score (nSPS) is 21.9. The predicted molar refractivity (Wildman–Crippen MR) is 61.2 cm³/mol. The van der Waals surface area contributed by atoms with Crippen molar-refractivity contribution in [3.05, 3.63) is 30.1 Å². The summed E-state index contributed by atoms with van der Waals surface area (Å²) in [5.41, 5.74) is 1.16. The van der Waals surface area contributed by atoms with Gasteiger partial charge in [-0.05, 0) is 37.0 Å². The highest BCUT2D eigenvalue weighted by Crippen LogP contribution is 2.20. The Labute approximate surface area is 95.4 Å². The zero-order chi connectivity index (χ0) is 11.4. The molecule has 86 valence electrons. The first-order valence-electron chi connectivity index (χ1n) is 5.72. The lowest BCUT2D eigenvalue weighted by Gasteiger charge is -2.19. The number of hydrazine groups is 1. The Hall–Kier alpha value is -1.42. The smallest absolute Gasteiger partial charge is 0.239 e. The van der Waals surface area contributed by atoms with Crippen LogP contribution in [0.1, 0.15) is 24.8 Å². The van der Waals surface area contributed by atoms with Gasteiger partial charge in [-0.3, -0.25) is 14.8 Å². The van der Waals surface area contributed by atoms with Crippen molar-refractivity contribution in [3.8, 4) is 0 Å². The van der Waals surface area contributed by atoms with E-state index in [4.69, 9.17) is 5.84 Å². The third-order valence-corrected chi connectivity index (χ3v) is 3.07. The summed E-state index contributed by atoms with van der Waals surface area (Å²) in [6.07, 6.45) is 7.32. The van der Waals surface area contributed by atoms with Crippen molar-refractivity contribution >= 4 is 5.91 Å². The molecule has 0 unspecified atom stereocenters. The summed E-state index contributed by atoms with van der Waals surface area (Å²) in [6, 6.07) is 3.91. The fourth-order valence-corrected chi connectivity index (χ4v) is 2.13. The van der Waals surface area contributed by atoms with Crippen LogP contribution in [0.3, 0.4) is 0 Å². The Morgan fingerprint density at radius 2 is 2.12 bits per heavy atom. The second-order valence-corrected chi connectivity index (χ2v) is 4.28. The molecule has 0 saturated carbocycles. The van der Waals surface area contributed by atoms with E-state index in [1.807, 2.05) is 12.1 Å². The fraction of sp³-hybridized carbons (Fsp3) is 0.500. The molecule has 4 heteroatoms. The van der Waals surface area contributed by atoms with Gasteiger partial charge in [0.15, 0.2) is 0 Å². The topological polar surface area (TPSA) is 59.2 Å². The second kappa shape index (κ2) is 5.07. The van der Waals surface area contributed by atoms with Gasteiger partial charge in [0.25, 0.3) is 0 Å². The molecule has 0 aromatic carbocycles. The minimum atomic E-state index is 0.0369. The number of amides is 1. The minimum absolute atomic E-state index is 0.0369. The van der Waals surface area contributed by atoms with Gasteiger partial charge in [0, 0.05) is 24.9 Å². The molecule has 1 aromatic rings. The number of carbonyl (C=O) groups is 1. The van der Waals surface area contributed by atoms with Crippen molar-refractivity contribution in [1.29, 1.82) is 0 Å². The van der Waals surface area contributed by atoms with E-state index >= 15 is 0 Å². The molecule has 0 radical (unpaired) electrons.